The number of aromatic nitrogens is 2. The van der Waals surface area contributed by atoms with Crippen molar-refractivity contribution in [1.29, 1.82) is 0 Å². The van der Waals surface area contributed by atoms with Gasteiger partial charge in [0.25, 0.3) is 0 Å². The number of rotatable bonds is 2. The van der Waals surface area contributed by atoms with E-state index in [2.05, 4.69) is 9.97 Å². The molecule has 0 atom stereocenters. The highest BCUT2D eigenvalue weighted by atomic mass is 19.4. The van der Waals surface area contributed by atoms with Crippen molar-refractivity contribution >= 4 is 0 Å². The molecule has 0 bridgehead atoms. The van der Waals surface area contributed by atoms with Crippen molar-refractivity contribution < 1.29 is 13.2 Å². The molecule has 0 aliphatic carbocycles. The fraction of sp³-hybridized carbons (Fsp3) is 0.167. The lowest BCUT2D eigenvalue weighted by Gasteiger charge is -2.07. The average molecular weight is 318 g/mol. The van der Waals surface area contributed by atoms with Gasteiger partial charge < -0.3 is 4.98 Å². The topological polar surface area (TPSA) is 28.7 Å². The summed E-state index contributed by atoms with van der Waals surface area (Å²) in [6.07, 6.45) is -4.36. The van der Waals surface area contributed by atoms with E-state index in [-0.39, 0.29) is 7.43 Å². The maximum atomic E-state index is 12.8. The minimum atomic E-state index is -4.36. The van der Waals surface area contributed by atoms with Crippen LogP contribution in [0.4, 0.5) is 13.2 Å². The van der Waals surface area contributed by atoms with E-state index >= 15 is 0 Å². The van der Waals surface area contributed by atoms with Crippen LogP contribution in [0.5, 0.6) is 0 Å². The molecule has 0 saturated carbocycles. The van der Waals surface area contributed by atoms with Crippen molar-refractivity contribution in [2.45, 2.75) is 20.5 Å². The molecule has 1 N–H and O–H groups in total. The molecule has 0 unspecified atom stereocenters. The van der Waals surface area contributed by atoms with Crippen LogP contribution in [0.25, 0.3) is 22.6 Å². The number of halogens is 3. The quantitative estimate of drug-likeness (QED) is 0.644. The van der Waals surface area contributed by atoms with Gasteiger partial charge in [-0.2, -0.15) is 13.2 Å². The zero-order valence-electron chi connectivity index (χ0n) is 11.8. The smallest absolute Gasteiger partial charge is 0.342 e. The number of aryl methyl sites for hydroxylation is 1. The van der Waals surface area contributed by atoms with Crippen LogP contribution < -0.4 is 0 Å². The van der Waals surface area contributed by atoms with Gasteiger partial charge in [0, 0.05) is 16.8 Å². The molecule has 120 valence electrons. The average Bonchev–Trinajstić information content (AvgIpc) is 2.89. The monoisotopic (exact) mass is 318 g/mol. The molecule has 0 aliphatic heterocycles. The highest BCUT2D eigenvalue weighted by molar-refractivity contribution is 5.67. The second-order valence-corrected chi connectivity index (χ2v) is 5.00. The Kier molecular flexibility index (Phi) is 4.59. The lowest BCUT2D eigenvalue weighted by Crippen LogP contribution is -2.04. The predicted octanol–water partition coefficient (Wildman–Crippen LogP) is 5.71. The van der Waals surface area contributed by atoms with Gasteiger partial charge in [-0.25, -0.2) is 4.98 Å². The van der Waals surface area contributed by atoms with Crippen molar-refractivity contribution in [3.05, 3.63) is 65.9 Å². The van der Waals surface area contributed by atoms with Gasteiger partial charge in [0.2, 0.25) is 0 Å². The summed E-state index contributed by atoms with van der Waals surface area (Å²) in [4.78, 5) is 7.58. The van der Waals surface area contributed by atoms with Crippen molar-refractivity contribution in [1.82, 2.24) is 9.97 Å². The summed E-state index contributed by atoms with van der Waals surface area (Å²) in [5.74, 6) is 0.644. The van der Waals surface area contributed by atoms with E-state index in [9.17, 15) is 13.2 Å². The second kappa shape index (κ2) is 6.28. The second-order valence-electron chi connectivity index (χ2n) is 5.00. The minimum Gasteiger partial charge on any atom is -0.342 e. The van der Waals surface area contributed by atoms with Gasteiger partial charge in [-0.15, -0.1) is 0 Å². The van der Waals surface area contributed by atoms with E-state index in [4.69, 9.17) is 0 Å². The first-order chi connectivity index (χ1) is 10.4. The fourth-order valence-electron chi connectivity index (χ4n) is 2.32. The summed E-state index contributed by atoms with van der Waals surface area (Å²) < 4.78 is 38.5. The van der Waals surface area contributed by atoms with Crippen LogP contribution in [-0.4, -0.2) is 9.97 Å². The van der Waals surface area contributed by atoms with Crippen LogP contribution in [0.15, 0.2) is 54.6 Å². The number of nitrogens with one attached hydrogen (secondary N) is 1. The number of benzene rings is 2. The Hall–Kier alpha value is -2.56. The molecular weight excluding hydrogens is 301 g/mol. The number of hydrogen-bond donors (Lipinski definition) is 1. The molecule has 2 aromatic carbocycles. The molecule has 1 aromatic heterocycles. The zero-order valence-corrected chi connectivity index (χ0v) is 11.8. The van der Waals surface area contributed by atoms with Crippen LogP contribution in [0, 0.1) is 6.92 Å². The zero-order chi connectivity index (χ0) is 15.7. The number of hydrogen-bond acceptors (Lipinski definition) is 1. The van der Waals surface area contributed by atoms with Gasteiger partial charge in [-0.1, -0.05) is 49.9 Å². The van der Waals surface area contributed by atoms with Gasteiger partial charge in [0.1, 0.15) is 5.82 Å². The number of nitrogens with zero attached hydrogens (tertiary/aromatic N) is 1. The Labute approximate surface area is 133 Å². The number of aromatic amines is 1. The van der Waals surface area contributed by atoms with Crippen LogP contribution in [0.1, 0.15) is 18.7 Å². The summed E-state index contributed by atoms with van der Waals surface area (Å²) in [7, 11) is 0. The molecule has 23 heavy (non-hydrogen) atoms. The van der Waals surface area contributed by atoms with E-state index in [1.54, 1.807) is 13.0 Å². The standard InChI is InChI=1S/C17H13F3N2.CH4/c1-11-15(13-8-5-9-14(10-13)17(18,19)20)22-16(21-11)12-6-3-2-4-7-12;/h2-10H,1H3,(H,21,22);1H4. The maximum absolute atomic E-state index is 12.8. The number of imidazole rings is 1. The van der Waals surface area contributed by atoms with E-state index in [0.29, 0.717) is 17.1 Å². The van der Waals surface area contributed by atoms with E-state index in [1.807, 2.05) is 30.3 Å². The molecule has 2 nitrogen and oxygen atoms in total. The van der Waals surface area contributed by atoms with Crippen molar-refractivity contribution in [2.75, 3.05) is 0 Å². The molecule has 0 aliphatic rings. The largest absolute Gasteiger partial charge is 0.416 e. The number of H-pyrrole nitrogens is 1. The summed E-state index contributed by atoms with van der Waals surface area (Å²) in [6.45, 7) is 1.80. The third-order valence-corrected chi connectivity index (χ3v) is 3.40. The summed E-state index contributed by atoms with van der Waals surface area (Å²) in [5, 5.41) is 0. The van der Waals surface area contributed by atoms with Gasteiger partial charge in [-0.3, -0.25) is 0 Å². The highest BCUT2D eigenvalue weighted by Crippen LogP contribution is 2.33. The Bertz CT molecular complexity index is 790. The molecule has 3 rings (SSSR count). The first-order valence-electron chi connectivity index (χ1n) is 6.75. The molecule has 0 saturated heterocycles. The summed E-state index contributed by atoms with van der Waals surface area (Å²) >= 11 is 0. The minimum absolute atomic E-state index is 0. The molecule has 5 heteroatoms. The lowest BCUT2D eigenvalue weighted by molar-refractivity contribution is -0.137. The summed E-state index contributed by atoms with van der Waals surface area (Å²) in [6, 6.07) is 14.7. The molecule has 3 aromatic rings. The first kappa shape index (κ1) is 16.8. The molecular formula is C18H17F3N2. The molecule has 1 heterocycles. The molecule has 0 fully saturated rings. The van der Waals surface area contributed by atoms with Crippen LogP contribution in [-0.2, 0) is 6.18 Å². The van der Waals surface area contributed by atoms with Crippen LogP contribution in [0.2, 0.25) is 0 Å². The molecule has 0 radical (unpaired) electrons. The highest BCUT2D eigenvalue weighted by Gasteiger charge is 2.30. The third-order valence-electron chi connectivity index (χ3n) is 3.40. The predicted molar refractivity (Wildman–Crippen MR) is 85.9 cm³/mol. The number of alkyl halides is 3. The van der Waals surface area contributed by atoms with Crippen molar-refractivity contribution in [3.63, 3.8) is 0 Å². The van der Waals surface area contributed by atoms with Gasteiger partial charge >= 0.3 is 6.18 Å². The van der Waals surface area contributed by atoms with Gasteiger partial charge in [0.05, 0.1) is 11.3 Å². The molecule has 0 spiro atoms. The Morgan fingerprint density at radius 3 is 2.22 bits per heavy atom. The lowest BCUT2D eigenvalue weighted by atomic mass is 10.1. The van der Waals surface area contributed by atoms with Gasteiger partial charge in [-0.05, 0) is 19.1 Å². The third kappa shape index (κ3) is 3.44. The fourth-order valence-corrected chi connectivity index (χ4v) is 2.32. The van der Waals surface area contributed by atoms with Gasteiger partial charge in [0.15, 0.2) is 0 Å². The molecule has 0 amide bonds. The van der Waals surface area contributed by atoms with Crippen molar-refractivity contribution in [3.8, 4) is 22.6 Å². The van der Waals surface area contributed by atoms with E-state index < -0.39 is 11.7 Å². The van der Waals surface area contributed by atoms with Crippen LogP contribution >= 0.6 is 0 Å². The normalized spacial score (nSPS) is 11.1. The maximum Gasteiger partial charge on any atom is 0.416 e. The Balaban J connectivity index is 0.00000192. The SMILES string of the molecule is C.Cc1[nH]c(-c2ccccc2)nc1-c1cccc(C(F)(F)F)c1. The summed E-state index contributed by atoms with van der Waals surface area (Å²) in [5.41, 5.74) is 1.94. The Morgan fingerprint density at radius 1 is 0.913 bits per heavy atom. The Morgan fingerprint density at radius 2 is 1.57 bits per heavy atom. The van der Waals surface area contributed by atoms with E-state index in [1.165, 1.54) is 6.07 Å². The van der Waals surface area contributed by atoms with Crippen LogP contribution in [0.3, 0.4) is 0 Å². The van der Waals surface area contributed by atoms with Crippen molar-refractivity contribution in [2.24, 2.45) is 0 Å². The van der Waals surface area contributed by atoms with E-state index in [0.717, 1.165) is 23.4 Å². The first-order valence-corrected chi connectivity index (χ1v) is 6.75.